The zero-order valence-electron chi connectivity index (χ0n) is 12.3. The van der Waals surface area contributed by atoms with Crippen LogP contribution in [0, 0.1) is 0 Å². The van der Waals surface area contributed by atoms with Gasteiger partial charge in [0.25, 0.3) is 0 Å². The van der Waals surface area contributed by atoms with Gasteiger partial charge in [0.1, 0.15) is 6.04 Å². The highest BCUT2D eigenvalue weighted by atomic mass is 16.5. The Kier molecular flexibility index (Phi) is 6.18. The molecule has 0 fully saturated rings. The van der Waals surface area contributed by atoms with Crippen LogP contribution in [0.2, 0.25) is 0 Å². The lowest BCUT2D eigenvalue weighted by Gasteiger charge is -2.22. The molecule has 0 radical (unpaired) electrons. The summed E-state index contributed by atoms with van der Waals surface area (Å²) < 4.78 is 4.80. The highest BCUT2D eigenvalue weighted by molar-refractivity contribution is 5.83. The van der Waals surface area contributed by atoms with Gasteiger partial charge in [-0.1, -0.05) is 30.3 Å². The number of ether oxygens (including phenoxy) is 1. The number of methoxy groups -OCH3 is 1. The Bertz CT molecular complexity index is 446. The zero-order valence-corrected chi connectivity index (χ0v) is 12.3. The molecule has 0 aliphatic carbocycles. The minimum atomic E-state index is -0.658. The van der Waals surface area contributed by atoms with Gasteiger partial charge in [-0.15, -0.1) is 0 Å². The third-order valence-electron chi connectivity index (χ3n) is 2.81. The summed E-state index contributed by atoms with van der Waals surface area (Å²) in [7, 11) is 1.33. The molecule has 0 aliphatic rings. The van der Waals surface area contributed by atoms with Crippen LogP contribution in [0.5, 0.6) is 0 Å². The van der Waals surface area contributed by atoms with Gasteiger partial charge in [-0.05, 0) is 26.3 Å². The molecule has 20 heavy (non-hydrogen) atoms. The largest absolute Gasteiger partial charge is 0.468 e. The number of esters is 1. The van der Waals surface area contributed by atoms with Gasteiger partial charge in [0.15, 0.2) is 0 Å². The molecular formula is C15H22N2O3. The van der Waals surface area contributed by atoms with E-state index in [1.165, 1.54) is 7.11 Å². The second kappa shape index (κ2) is 7.65. The van der Waals surface area contributed by atoms with Crippen LogP contribution < -0.4 is 10.6 Å². The molecular weight excluding hydrogens is 256 g/mol. The molecule has 0 bridgehead atoms. The topological polar surface area (TPSA) is 67.4 Å². The number of benzene rings is 1. The van der Waals surface area contributed by atoms with E-state index < -0.39 is 18.1 Å². The van der Waals surface area contributed by atoms with E-state index in [2.05, 4.69) is 10.6 Å². The second-order valence-electron chi connectivity index (χ2n) is 4.92. The number of hydrogen-bond donors (Lipinski definition) is 2. The SMILES string of the molecule is COC(=O)C(NC(C)C(=O)NC(C)C)c1ccccc1. The summed E-state index contributed by atoms with van der Waals surface area (Å²) in [5, 5.41) is 5.81. The molecule has 2 atom stereocenters. The molecule has 0 saturated carbocycles. The molecule has 1 aromatic carbocycles. The summed E-state index contributed by atoms with van der Waals surface area (Å²) in [6.45, 7) is 5.50. The molecule has 1 rings (SSSR count). The summed E-state index contributed by atoms with van der Waals surface area (Å²) in [4.78, 5) is 23.8. The second-order valence-corrected chi connectivity index (χ2v) is 4.92. The summed E-state index contributed by atoms with van der Waals surface area (Å²) in [6.07, 6.45) is 0. The van der Waals surface area contributed by atoms with Crippen LogP contribution in [0.15, 0.2) is 30.3 Å². The lowest BCUT2D eigenvalue weighted by atomic mass is 10.1. The molecule has 1 aromatic rings. The lowest BCUT2D eigenvalue weighted by Crippen LogP contribution is -2.47. The highest BCUT2D eigenvalue weighted by Gasteiger charge is 2.25. The first-order valence-electron chi connectivity index (χ1n) is 6.65. The van der Waals surface area contributed by atoms with Crippen molar-refractivity contribution in [1.82, 2.24) is 10.6 Å². The van der Waals surface area contributed by atoms with Gasteiger partial charge in [0.2, 0.25) is 5.91 Å². The number of rotatable bonds is 6. The summed E-state index contributed by atoms with van der Waals surface area (Å²) in [5.41, 5.74) is 0.767. The van der Waals surface area contributed by atoms with Gasteiger partial charge in [0.05, 0.1) is 13.2 Å². The molecule has 1 amide bonds. The number of nitrogens with one attached hydrogen (secondary N) is 2. The maximum Gasteiger partial charge on any atom is 0.327 e. The molecule has 0 spiro atoms. The normalized spacial score (nSPS) is 13.7. The Morgan fingerprint density at radius 2 is 1.70 bits per heavy atom. The van der Waals surface area contributed by atoms with Crippen LogP contribution >= 0.6 is 0 Å². The van der Waals surface area contributed by atoms with E-state index in [4.69, 9.17) is 4.74 Å². The summed E-state index contributed by atoms with van der Waals surface area (Å²) in [6, 6.07) is 8.09. The standard InChI is InChI=1S/C15H22N2O3/c1-10(2)16-14(18)11(3)17-13(15(19)20-4)12-8-6-5-7-9-12/h5-11,13,17H,1-4H3,(H,16,18). The summed E-state index contributed by atoms with van der Waals surface area (Å²) >= 11 is 0. The van der Waals surface area contributed by atoms with Crippen molar-refractivity contribution in [3.63, 3.8) is 0 Å². The first kappa shape index (κ1) is 16.2. The van der Waals surface area contributed by atoms with Crippen LogP contribution in [-0.2, 0) is 14.3 Å². The Hall–Kier alpha value is -1.88. The summed E-state index contributed by atoms with van der Waals surface area (Å²) in [5.74, 6) is -0.565. The third kappa shape index (κ3) is 4.66. The van der Waals surface area contributed by atoms with E-state index in [0.29, 0.717) is 0 Å². The van der Waals surface area contributed by atoms with Crippen molar-refractivity contribution in [1.29, 1.82) is 0 Å². The van der Waals surface area contributed by atoms with Crippen LogP contribution in [-0.4, -0.2) is 31.1 Å². The van der Waals surface area contributed by atoms with E-state index in [0.717, 1.165) is 5.56 Å². The highest BCUT2D eigenvalue weighted by Crippen LogP contribution is 2.15. The van der Waals surface area contributed by atoms with Crippen molar-refractivity contribution in [2.24, 2.45) is 0 Å². The van der Waals surface area contributed by atoms with E-state index in [9.17, 15) is 9.59 Å². The van der Waals surface area contributed by atoms with Gasteiger partial charge in [-0.3, -0.25) is 10.1 Å². The van der Waals surface area contributed by atoms with Gasteiger partial charge in [-0.2, -0.15) is 0 Å². The predicted octanol–water partition coefficient (Wildman–Crippen LogP) is 1.40. The smallest absolute Gasteiger partial charge is 0.327 e. The molecule has 0 aromatic heterocycles. The van der Waals surface area contributed by atoms with Gasteiger partial charge < -0.3 is 10.1 Å². The number of hydrogen-bond acceptors (Lipinski definition) is 4. The molecule has 5 nitrogen and oxygen atoms in total. The fourth-order valence-electron chi connectivity index (χ4n) is 1.80. The van der Waals surface area contributed by atoms with Crippen molar-refractivity contribution >= 4 is 11.9 Å². The van der Waals surface area contributed by atoms with Gasteiger partial charge in [-0.25, -0.2) is 4.79 Å². The quantitative estimate of drug-likeness (QED) is 0.772. The Labute approximate surface area is 119 Å². The zero-order chi connectivity index (χ0) is 15.1. The van der Waals surface area contributed by atoms with Crippen LogP contribution in [0.1, 0.15) is 32.4 Å². The number of amides is 1. The average molecular weight is 278 g/mol. The molecule has 2 unspecified atom stereocenters. The fraction of sp³-hybridized carbons (Fsp3) is 0.467. The molecule has 0 saturated heterocycles. The van der Waals surface area contributed by atoms with Crippen molar-refractivity contribution in [3.8, 4) is 0 Å². The van der Waals surface area contributed by atoms with Crippen LogP contribution in [0.3, 0.4) is 0 Å². The lowest BCUT2D eigenvalue weighted by molar-refractivity contribution is -0.143. The fourth-order valence-corrected chi connectivity index (χ4v) is 1.80. The van der Waals surface area contributed by atoms with E-state index in [-0.39, 0.29) is 11.9 Å². The number of carbonyl (C=O) groups excluding carboxylic acids is 2. The van der Waals surface area contributed by atoms with E-state index in [1.54, 1.807) is 6.92 Å². The van der Waals surface area contributed by atoms with Crippen molar-refractivity contribution in [2.75, 3.05) is 7.11 Å². The third-order valence-corrected chi connectivity index (χ3v) is 2.81. The maximum atomic E-state index is 11.9. The minimum Gasteiger partial charge on any atom is -0.468 e. The van der Waals surface area contributed by atoms with Gasteiger partial charge >= 0.3 is 5.97 Å². The van der Waals surface area contributed by atoms with Gasteiger partial charge in [0, 0.05) is 6.04 Å². The number of carbonyl (C=O) groups is 2. The monoisotopic (exact) mass is 278 g/mol. The molecule has 0 heterocycles. The Morgan fingerprint density at radius 3 is 2.20 bits per heavy atom. The van der Waals surface area contributed by atoms with Crippen LogP contribution in [0.25, 0.3) is 0 Å². The van der Waals surface area contributed by atoms with Crippen molar-refractivity contribution in [2.45, 2.75) is 38.9 Å². The van der Waals surface area contributed by atoms with E-state index in [1.807, 2.05) is 44.2 Å². The van der Waals surface area contributed by atoms with Crippen LogP contribution in [0.4, 0.5) is 0 Å². The first-order chi connectivity index (χ1) is 9.45. The van der Waals surface area contributed by atoms with Crippen molar-refractivity contribution < 1.29 is 14.3 Å². The average Bonchev–Trinajstić information content (AvgIpc) is 2.43. The first-order valence-corrected chi connectivity index (χ1v) is 6.65. The molecule has 2 N–H and O–H groups in total. The Morgan fingerprint density at radius 1 is 1.10 bits per heavy atom. The minimum absolute atomic E-state index is 0.0556. The molecule has 110 valence electrons. The maximum absolute atomic E-state index is 11.9. The Balaban J connectivity index is 2.81. The van der Waals surface area contributed by atoms with Crippen molar-refractivity contribution in [3.05, 3.63) is 35.9 Å². The molecule has 5 heteroatoms. The molecule has 0 aliphatic heterocycles. The predicted molar refractivity (Wildman–Crippen MR) is 77.1 cm³/mol. The van der Waals surface area contributed by atoms with E-state index >= 15 is 0 Å².